The lowest BCUT2D eigenvalue weighted by atomic mass is 10.0. The molecule has 0 radical (unpaired) electrons. The number of anilines is 1. The first-order valence-corrected chi connectivity index (χ1v) is 8.54. The summed E-state index contributed by atoms with van der Waals surface area (Å²) in [6, 6.07) is 9.22. The predicted octanol–water partition coefficient (Wildman–Crippen LogP) is 3.70. The number of hydrogen-bond acceptors (Lipinski definition) is 4. The summed E-state index contributed by atoms with van der Waals surface area (Å²) >= 11 is 0. The highest BCUT2D eigenvalue weighted by Gasteiger charge is 2.20. The van der Waals surface area contributed by atoms with Gasteiger partial charge in [0, 0.05) is 44.1 Å². The first-order chi connectivity index (χ1) is 11.7. The van der Waals surface area contributed by atoms with E-state index < -0.39 is 0 Å². The van der Waals surface area contributed by atoms with Gasteiger partial charge in [0.2, 0.25) is 0 Å². The van der Waals surface area contributed by atoms with E-state index in [0.717, 1.165) is 38.2 Å². The fourth-order valence-electron chi connectivity index (χ4n) is 3.09. The zero-order valence-electron chi connectivity index (χ0n) is 14.0. The van der Waals surface area contributed by atoms with Crippen LogP contribution in [0.25, 0.3) is 0 Å². The molecular formula is C19H24FN3O. The second kappa shape index (κ2) is 8.11. The number of ether oxygens (including phenoxy) is 1. The van der Waals surface area contributed by atoms with E-state index in [1.54, 1.807) is 6.07 Å². The van der Waals surface area contributed by atoms with Gasteiger partial charge in [0.05, 0.1) is 12.3 Å². The molecule has 4 nitrogen and oxygen atoms in total. The number of piperidine rings is 1. The summed E-state index contributed by atoms with van der Waals surface area (Å²) in [5, 5.41) is 3.52. The van der Waals surface area contributed by atoms with Crippen LogP contribution in [-0.4, -0.2) is 35.6 Å². The number of aromatic nitrogens is 1. The molecule has 1 N–H and O–H groups in total. The molecule has 0 amide bonds. The highest BCUT2D eigenvalue weighted by molar-refractivity contribution is 5.57. The molecule has 0 bridgehead atoms. The lowest BCUT2D eigenvalue weighted by Crippen LogP contribution is -2.38. The molecule has 1 fully saturated rings. The van der Waals surface area contributed by atoms with Gasteiger partial charge >= 0.3 is 0 Å². The van der Waals surface area contributed by atoms with Crippen molar-refractivity contribution >= 4 is 5.69 Å². The van der Waals surface area contributed by atoms with E-state index in [9.17, 15) is 4.39 Å². The van der Waals surface area contributed by atoms with Crippen molar-refractivity contribution in [2.45, 2.75) is 32.4 Å². The van der Waals surface area contributed by atoms with Crippen LogP contribution in [0.15, 0.2) is 42.7 Å². The molecule has 1 aromatic carbocycles. The summed E-state index contributed by atoms with van der Waals surface area (Å²) in [7, 11) is 0. The first kappa shape index (κ1) is 16.7. The fourth-order valence-corrected chi connectivity index (χ4v) is 3.09. The molecule has 1 aromatic heterocycles. The van der Waals surface area contributed by atoms with Crippen LogP contribution in [0.1, 0.15) is 25.3 Å². The van der Waals surface area contributed by atoms with Crippen LogP contribution in [0, 0.1) is 5.82 Å². The summed E-state index contributed by atoms with van der Waals surface area (Å²) in [6.45, 7) is 5.50. The molecule has 2 aromatic rings. The zero-order valence-corrected chi connectivity index (χ0v) is 14.0. The van der Waals surface area contributed by atoms with Gasteiger partial charge in [0.15, 0.2) is 0 Å². The van der Waals surface area contributed by atoms with Gasteiger partial charge in [-0.25, -0.2) is 4.39 Å². The Hall–Kier alpha value is -2.14. The maximum absolute atomic E-state index is 13.4. The highest BCUT2D eigenvalue weighted by atomic mass is 19.1. The molecule has 5 heteroatoms. The van der Waals surface area contributed by atoms with Crippen LogP contribution in [0.2, 0.25) is 0 Å². The largest absolute Gasteiger partial charge is 0.492 e. The Labute approximate surface area is 142 Å². The Balaban J connectivity index is 1.54. The number of nitrogens with zero attached hydrogens (tertiary/aromatic N) is 2. The Morgan fingerprint density at radius 3 is 2.67 bits per heavy atom. The summed E-state index contributed by atoms with van der Waals surface area (Å²) in [5.41, 5.74) is 2.18. The molecule has 2 heterocycles. The molecule has 0 unspecified atom stereocenters. The van der Waals surface area contributed by atoms with Gasteiger partial charge in [-0.05, 0) is 49.6 Å². The van der Waals surface area contributed by atoms with Gasteiger partial charge in [0.1, 0.15) is 11.6 Å². The van der Waals surface area contributed by atoms with Gasteiger partial charge in [-0.1, -0.05) is 0 Å². The normalized spacial score (nSPS) is 16.1. The molecule has 1 aliphatic rings. The molecule has 1 saturated heterocycles. The lowest BCUT2D eigenvalue weighted by molar-refractivity contribution is 0.211. The minimum atomic E-state index is -0.267. The topological polar surface area (TPSA) is 37.4 Å². The van der Waals surface area contributed by atoms with Crippen LogP contribution in [0.4, 0.5) is 10.1 Å². The van der Waals surface area contributed by atoms with Crippen molar-refractivity contribution in [3.05, 3.63) is 54.1 Å². The SMILES string of the molecule is CCOc1cc(F)ccc1NC1CCN(Cc2ccncc2)CC1. The van der Waals surface area contributed by atoms with E-state index in [4.69, 9.17) is 4.74 Å². The first-order valence-electron chi connectivity index (χ1n) is 8.54. The molecule has 128 valence electrons. The standard InChI is InChI=1S/C19H24FN3O/c1-2-24-19-13-16(20)3-4-18(19)22-17-7-11-23(12-8-17)14-15-5-9-21-10-6-15/h3-6,9-10,13,17,22H,2,7-8,11-12,14H2,1H3. The number of pyridine rings is 1. The Morgan fingerprint density at radius 1 is 1.21 bits per heavy atom. The van der Waals surface area contributed by atoms with E-state index in [2.05, 4.69) is 27.3 Å². The van der Waals surface area contributed by atoms with E-state index in [-0.39, 0.29) is 5.82 Å². The van der Waals surface area contributed by atoms with Gasteiger partial charge in [-0.2, -0.15) is 0 Å². The third kappa shape index (κ3) is 4.45. The van der Waals surface area contributed by atoms with Crippen LogP contribution < -0.4 is 10.1 Å². The van der Waals surface area contributed by atoms with Crippen LogP contribution in [0.5, 0.6) is 5.75 Å². The Bertz CT molecular complexity index is 642. The summed E-state index contributed by atoms with van der Waals surface area (Å²) < 4.78 is 18.9. The van der Waals surface area contributed by atoms with Crippen LogP contribution in [0.3, 0.4) is 0 Å². The van der Waals surface area contributed by atoms with Gasteiger partial charge in [-0.3, -0.25) is 9.88 Å². The van der Waals surface area contributed by atoms with Crippen molar-refractivity contribution < 1.29 is 9.13 Å². The second-order valence-corrected chi connectivity index (χ2v) is 6.12. The molecule has 0 saturated carbocycles. The maximum atomic E-state index is 13.4. The van der Waals surface area contributed by atoms with Crippen molar-refractivity contribution in [2.75, 3.05) is 25.0 Å². The number of likely N-dealkylation sites (tertiary alicyclic amines) is 1. The summed E-state index contributed by atoms with van der Waals surface area (Å²) in [4.78, 5) is 6.52. The lowest BCUT2D eigenvalue weighted by Gasteiger charge is -2.33. The highest BCUT2D eigenvalue weighted by Crippen LogP contribution is 2.28. The zero-order chi connectivity index (χ0) is 16.8. The number of hydrogen-bond donors (Lipinski definition) is 1. The summed E-state index contributed by atoms with van der Waals surface area (Å²) in [5.74, 6) is 0.327. The van der Waals surface area contributed by atoms with Crippen molar-refractivity contribution in [1.29, 1.82) is 0 Å². The second-order valence-electron chi connectivity index (χ2n) is 6.12. The monoisotopic (exact) mass is 329 g/mol. The minimum Gasteiger partial charge on any atom is -0.492 e. The van der Waals surface area contributed by atoms with Crippen molar-refractivity contribution in [3.8, 4) is 5.75 Å². The molecule has 3 rings (SSSR count). The number of benzene rings is 1. The molecular weight excluding hydrogens is 305 g/mol. The maximum Gasteiger partial charge on any atom is 0.145 e. The van der Waals surface area contributed by atoms with E-state index in [1.807, 2.05) is 19.3 Å². The number of halogens is 1. The molecule has 0 spiro atoms. The van der Waals surface area contributed by atoms with E-state index in [0.29, 0.717) is 18.4 Å². The van der Waals surface area contributed by atoms with Gasteiger partial charge in [0.25, 0.3) is 0 Å². The average molecular weight is 329 g/mol. The summed E-state index contributed by atoms with van der Waals surface area (Å²) in [6.07, 6.45) is 5.81. The van der Waals surface area contributed by atoms with Crippen molar-refractivity contribution in [3.63, 3.8) is 0 Å². The van der Waals surface area contributed by atoms with Crippen LogP contribution in [-0.2, 0) is 6.54 Å². The average Bonchev–Trinajstić information content (AvgIpc) is 2.60. The number of rotatable bonds is 6. The van der Waals surface area contributed by atoms with Crippen molar-refractivity contribution in [2.24, 2.45) is 0 Å². The van der Waals surface area contributed by atoms with Gasteiger partial charge < -0.3 is 10.1 Å². The third-order valence-electron chi connectivity index (χ3n) is 4.35. The van der Waals surface area contributed by atoms with E-state index >= 15 is 0 Å². The predicted molar refractivity (Wildman–Crippen MR) is 93.7 cm³/mol. The number of nitrogens with one attached hydrogen (secondary N) is 1. The van der Waals surface area contributed by atoms with Gasteiger partial charge in [-0.15, -0.1) is 0 Å². The molecule has 1 aliphatic heterocycles. The van der Waals surface area contributed by atoms with E-state index in [1.165, 1.54) is 17.7 Å². The Kier molecular flexibility index (Phi) is 5.64. The third-order valence-corrected chi connectivity index (χ3v) is 4.35. The van der Waals surface area contributed by atoms with Crippen molar-refractivity contribution in [1.82, 2.24) is 9.88 Å². The minimum absolute atomic E-state index is 0.267. The molecule has 0 atom stereocenters. The van der Waals surface area contributed by atoms with Crippen LogP contribution >= 0.6 is 0 Å². The molecule has 24 heavy (non-hydrogen) atoms. The Morgan fingerprint density at radius 2 is 1.96 bits per heavy atom. The quantitative estimate of drug-likeness (QED) is 0.877. The molecule has 0 aliphatic carbocycles. The fraction of sp³-hybridized carbons (Fsp3) is 0.421. The smallest absolute Gasteiger partial charge is 0.145 e.